The Balaban J connectivity index is 1.87. The van der Waals surface area contributed by atoms with Gasteiger partial charge in [0.05, 0.1) is 17.1 Å². The van der Waals surface area contributed by atoms with Crippen LogP contribution in [0.3, 0.4) is 0 Å². The predicted molar refractivity (Wildman–Crippen MR) is 110 cm³/mol. The highest BCUT2D eigenvalue weighted by Gasteiger charge is 2.19. The Kier molecular flexibility index (Phi) is 5.99. The molecule has 0 aliphatic rings. The van der Waals surface area contributed by atoms with Gasteiger partial charge in [0.2, 0.25) is 5.88 Å². The highest BCUT2D eigenvalue weighted by molar-refractivity contribution is 9.10. The first-order chi connectivity index (χ1) is 13.4. The Bertz CT molecular complexity index is 1040. The Morgan fingerprint density at radius 1 is 1.25 bits per heavy atom. The molecule has 0 saturated heterocycles. The van der Waals surface area contributed by atoms with Crippen LogP contribution in [0.5, 0.6) is 17.4 Å². The summed E-state index contributed by atoms with van der Waals surface area (Å²) in [5, 5.41) is 19.0. The van der Waals surface area contributed by atoms with Crippen LogP contribution in [0.1, 0.15) is 19.9 Å². The molecular weight excluding hydrogens is 426 g/mol. The van der Waals surface area contributed by atoms with Gasteiger partial charge in [0.25, 0.3) is 0 Å². The number of halogens is 1. The zero-order valence-electron chi connectivity index (χ0n) is 15.7. The van der Waals surface area contributed by atoms with Crippen molar-refractivity contribution in [3.63, 3.8) is 0 Å². The molecule has 0 saturated carbocycles. The van der Waals surface area contributed by atoms with Crippen molar-refractivity contribution in [2.45, 2.75) is 19.9 Å². The summed E-state index contributed by atoms with van der Waals surface area (Å²) in [5.74, 6) is 0.536. The molecule has 0 spiro atoms. The molecular formula is C20H20BrN3O4. The highest BCUT2D eigenvalue weighted by Crippen LogP contribution is 2.42. The summed E-state index contributed by atoms with van der Waals surface area (Å²) in [4.78, 5) is 12.1. The number of aromatic hydroxyl groups is 1. The van der Waals surface area contributed by atoms with Crippen molar-refractivity contribution < 1.29 is 19.4 Å². The number of nitrogens with zero attached hydrogens (tertiary/aromatic N) is 3. The van der Waals surface area contributed by atoms with E-state index in [1.54, 1.807) is 35.9 Å². The number of azo groups is 1. The number of para-hydroxylation sites is 1. The molecule has 0 aliphatic carbocycles. The lowest BCUT2D eigenvalue weighted by Crippen LogP contribution is -2.08. The smallest absolute Gasteiger partial charge is 0.302 e. The zero-order valence-corrected chi connectivity index (χ0v) is 17.3. The third-order valence-corrected chi connectivity index (χ3v) is 4.78. The van der Waals surface area contributed by atoms with Crippen LogP contribution < -0.4 is 9.47 Å². The summed E-state index contributed by atoms with van der Waals surface area (Å²) in [5.41, 5.74) is 0.996. The molecule has 0 radical (unpaired) electrons. The van der Waals surface area contributed by atoms with Crippen molar-refractivity contribution in [3.8, 4) is 17.4 Å². The van der Waals surface area contributed by atoms with Gasteiger partial charge in [0.1, 0.15) is 11.5 Å². The van der Waals surface area contributed by atoms with Crippen molar-refractivity contribution >= 4 is 38.4 Å². The molecule has 0 fully saturated rings. The third-order valence-electron chi connectivity index (χ3n) is 4.12. The largest absolute Gasteiger partial charge is 0.497 e. The van der Waals surface area contributed by atoms with E-state index < -0.39 is 5.91 Å². The van der Waals surface area contributed by atoms with Crippen molar-refractivity contribution in [1.29, 1.82) is 0 Å². The van der Waals surface area contributed by atoms with E-state index in [0.29, 0.717) is 16.9 Å². The van der Waals surface area contributed by atoms with Crippen LogP contribution in [0.4, 0.5) is 5.69 Å². The van der Waals surface area contributed by atoms with Crippen molar-refractivity contribution in [3.05, 3.63) is 46.9 Å². The number of hydrogen-bond acceptors (Lipinski definition) is 5. The Hall–Kier alpha value is -2.87. The first kappa shape index (κ1) is 19.9. The molecule has 7 nitrogen and oxygen atoms in total. The maximum atomic E-state index is 12.1. The van der Waals surface area contributed by atoms with E-state index in [-0.39, 0.29) is 24.2 Å². The van der Waals surface area contributed by atoms with Crippen LogP contribution in [0, 0.1) is 0 Å². The Labute approximate surface area is 170 Å². The molecule has 28 heavy (non-hydrogen) atoms. The second-order valence-electron chi connectivity index (χ2n) is 6.33. The lowest BCUT2D eigenvalue weighted by molar-refractivity contribution is -0.120. The van der Waals surface area contributed by atoms with Crippen LogP contribution in [0.2, 0.25) is 0 Å². The van der Waals surface area contributed by atoms with Crippen LogP contribution in [-0.4, -0.2) is 29.3 Å². The van der Waals surface area contributed by atoms with Gasteiger partial charge in [-0.25, -0.2) is 0 Å². The minimum absolute atomic E-state index is 0.00527. The van der Waals surface area contributed by atoms with Crippen LogP contribution >= 0.6 is 15.9 Å². The number of amides is 1. The quantitative estimate of drug-likeness (QED) is 0.515. The molecule has 0 unspecified atom stereocenters. The minimum Gasteiger partial charge on any atom is -0.497 e. The number of rotatable bonds is 6. The lowest BCUT2D eigenvalue weighted by atomic mass is 10.2. The third kappa shape index (κ3) is 4.01. The molecule has 3 rings (SSSR count). The molecule has 2 aromatic carbocycles. The van der Waals surface area contributed by atoms with Crippen molar-refractivity contribution in [1.82, 2.24) is 4.57 Å². The number of carbonyl (C=O) groups is 1. The fourth-order valence-corrected chi connectivity index (χ4v) is 3.25. The minimum atomic E-state index is -0.566. The summed E-state index contributed by atoms with van der Waals surface area (Å²) in [6.07, 6.45) is 0. The van der Waals surface area contributed by atoms with Gasteiger partial charge in [-0.05, 0) is 60.1 Å². The number of aromatic nitrogens is 1. The van der Waals surface area contributed by atoms with Crippen LogP contribution in [-0.2, 0) is 4.79 Å². The first-order valence-corrected chi connectivity index (χ1v) is 9.44. The van der Waals surface area contributed by atoms with Gasteiger partial charge in [-0.2, -0.15) is 0 Å². The monoisotopic (exact) mass is 445 g/mol. The molecule has 0 aliphatic heterocycles. The van der Waals surface area contributed by atoms with Crippen LogP contribution in [0.15, 0.2) is 57.2 Å². The Morgan fingerprint density at radius 3 is 2.68 bits per heavy atom. The summed E-state index contributed by atoms with van der Waals surface area (Å²) >= 11 is 3.35. The average Bonchev–Trinajstić information content (AvgIpc) is 2.96. The summed E-state index contributed by atoms with van der Waals surface area (Å²) < 4.78 is 13.2. The maximum absolute atomic E-state index is 12.1. The first-order valence-electron chi connectivity index (χ1n) is 8.65. The van der Waals surface area contributed by atoms with E-state index in [0.717, 1.165) is 9.99 Å². The van der Waals surface area contributed by atoms with E-state index >= 15 is 0 Å². The molecule has 3 aromatic rings. The molecule has 1 N–H and O–H groups in total. The normalized spacial score (nSPS) is 11.5. The fourth-order valence-electron chi connectivity index (χ4n) is 2.85. The van der Waals surface area contributed by atoms with Crippen molar-refractivity contribution in [2.75, 3.05) is 13.7 Å². The lowest BCUT2D eigenvalue weighted by Gasteiger charge is -2.10. The molecule has 1 amide bonds. The number of benzene rings is 2. The SMILES string of the molecule is COc1ccc2c(c1)c(N=NC(=O)COc1ccccc1Br)c(O)n2C(C)C. The van der Waals surface area contributed by atoms with Crippen molar-refractivity contribution in [2.24, 2.45) is 10.2 Å². The average molecular weight is 446 g/mol. The van der Waals surface area contributed by atoms with Gasteiger partial charge < -0.3 is 19.1 Å². The summed E-state index contributed by atoms with van der Waals surface area (Å²) in [6.45, 7) is 3.63. The van der Waals surface area contributed by atoms with E-state index in [1.807, 2.05) is 32.0 Å². The van der Waals surface area contributed by atoms with Gasteiger partial charge in [0.15, 0.2) is 12.3 Å². The molecule has 146 valence electrons. The summed E-state index contributed by atoms with van der Waals surface area (Å²) in [7, 11) is 1.56. The molecule has 8 heteroatoms. The predicted octanol–water partition coefficient (Wildman–Crippen LogP) is 5.39. The number of methoxy groups -OCH3 is 1. The van der Waals surface area contributed by atoms with E-state index in [4.69, 9.17) is 9.47 Å². The molecule has 0 atom stereocenters. The molecule has 0 bridgehead atoms. The van der Waals surface area contributed by atoms with Gasteiger partial charge in [-0.15, -0.1) is 10.2 Å². The number of fused-ring (bicyclic) bond motifs is 1. The van der Waals surface area contributed by atoms with Gasteiger partial charge in [0, 0.05) is 11.4 Å². The molecule has 1 heterocycles. The number of ether oxygens (including phenoxy) is 2. The van der Waals surface area contributed by atoms with Crippen LogP contribution in [0.25, 0.3) is 10.9 Å². The second kappa shape index (κ2) is 8.43. The number of hydrogen-bond donors (Lipinski definition) is 1. The Morgan fingerprint density at radius 2 is 2.00 bits per heavy atom. The van der Waals surface area contributed by atoms with E-state index in [9.17, 15) is 9.90 Å². The van der Waals surface area contributed by atoms with E-state index in [1.165, 1.54) is 0 Å². The fraction of sp³-hybridized carbons (Fsp3) is 0.250. The summed E-state index contributed by atoms with van der Waals surface area (Å²) in [6, 6.07) is 12.6. The standard InChI is InChI=1S/C20H20BrN3O4/c1-12(2)24-16-9-8-13(27-3)10-14(16)19(20(24)26)23-22-18(25)11-28-17-7-5-4-6-15(17)21/h4-10,12,26H,11H2,1-3H3. The highest BCUT2D eigenvalue weighted by atomic mass is 79.9. The zero-order chi connectivity index (χ0) is 20.3. The van der Waals surface area contributed by atoms with Gasteiger partial charge in [-0.3, -0.25) is 4.79 Å². The van der Waals surface area contributed by atoms with E-state index in [2.05, 4.69) is 26.2 Å². The molecule has 1 aromatic heterocycles. The van der Waals surface area contributed by atoms with Gasteiger partial charge >= 0.3 is 5.91 Å². The number of carbonyl (C=O) groups excluding carboxylic acids is 1. The van der Waals surface area contributed by atoms with Gasteiger partial charge in [-0.1, -0.05) is 12.1 Å². The maximum Gasteiger partial charge on any atom is 0.302 e. The second-order valence-corrected chi connectivity index (χ2v) is 7.19. The topological polar surface area (TPSA) is 85.4 Å².